The van der Waals surface area contributed by atoms with Crippen LogP contribution in [0.2, 0.25) is 0 Å². The average Bonchev–Trinajstić information content (AvgIpc) is 2.35. The van der Waals surface area contributed by atoms with Crippen LogP contribution in [-0.2, 0) is 5.92 Å². The van der Waals surface area contributed by atoms with Crippen LogP contribution < -0.4 is 5.84 Å². The summed E-state index contributed by atoms with van der Waals surface area (Å²) in [5.41, 5.74) is -1.11. The molecule has 68 valence electrons. The molecular weight excluding hydrogens is 180 g/mol. The molecule has 0 unspecified atom stereocenters. The van der Waals surface area contributed by atoms with Gasteiger partial charge in [0.1, 0.15) is 0 Å². The summed E-state index contributed by atoms with van der Waals surface area (Å²) in [6, 6.07) is 0. The summed E-state index contributed by atoms with van der Waals surface area (Å²) >= 11 is 0. The fourth-order valence-corrected chi connectivity index (χ4v) is 0.594. The molecule has 0 aromatic carbocycles. The first-order valence-corrected chi connectivity index (χ1v) is 2.78. The van der Waals surface area contributed by atoms with Gasteiger partial charge in [0.15, 0.2) is 5.69 Å². The van der Waals surface area contributed by atoms with Crippen LogP contribution in [0.1, 0.15) is 5.69 Å². The van der Waals surface area contributed by atoms with Crippen molar-refractivity contribution < 1.29 is 17.6 Å². The van der Waals surface area contributed by atoms with Gasteiger partial charge in [-0.3, -0.25) is 0 Å². The largest absolute Gasteiger partial charge is 0.352 e. The lowest BCUT2D eigenvalue weighted by Gasteiger charge is -2.13. The molecule has 1 aromatic rings. The van der Waals surface area contributed by atoms with Crippen molar-refractivity contribution in [3.8, 4) is 0 Å². The summed E-state index contributed by atoms with van der Waals surface area (Å²) in [5, 5.41) is 5.84. The maximum atomic E-state index is 12.4. The molecule has 8 heteroatoms. The van der Waals surface area contributed by atoms with Crippen molar-refractivity contribution in [2.45, 2.75) is 12.3 Å². The standard InChI is InChI=1S/C4H4F4N4/c5-3(6)4(7,8)2-1-10-11-12(2)9/h1,3H,9H2. The second-order valence-electron chi connectivity index (χ2n) is 1.99. The van der Waals surface area contributed by atoms with E-state index in [2.05, 4.69) is 10.3 Å². The van der Waals surface area contributed by atoms with Crippen molar-refractivity contribution in [1.82, 2.24) is 15.1 Å². The molecule has 0 amide bonds. The molecule has 0 bridgehead atoms. The Labute approximate surface area is 63.9 Å². The average molecular weight is 184 g/mol. The van der Waals surface area contributed by atoms with Gasteiger partial charge in [-0.2, -0.15) is 13.6 Å². The Morgan fingerprint density at radius 3 is 2.42 bits per heavy atom. The first-order chi connectivity index (χ1) is 5.46. The van der Waals surface area contributed by atoms with Gasteiger partial charge in [-0.15, -0.1) is 5.10 Å². The van der Waals surface area contributed by atoms with Crippen LogP contribution in [0.15, 0.2) is 6.20 Å². The highest BCUT2D eigenvalue weighted by Gasteiger charge is 2.46. The van der Waals surface area contributed by atoms with Crippen molar-refractivity contribution in [1.29, 1.82) is 0 Å². The van der Waals surface area contributed by atoms with Gasteiger partial charge in [0.25, 0.3) is 0 Å². The normalized spacial score (nSPS) is 12.4. The number of rotatable bonds is 2. The van der Waals surface area contributed by atoms with Crippen molar-refractivity contribution in [3.05, 3.63) is 11.9 Å². The molecule has 1 aromatic heterocycles. The minimum atomic E-state index is -4.31. The molecule has 0 aliphatic carbocycles. The number of nitrogens with two attached hydrogens (primary N) is 1. The maximum Gasteiger partial charge on any atom is 0.352 e. The van der Waals surface area contributed by atoms with Crippen molar-refractivity contribution >= 4 is 0 Å². The molecule has 0 radical (unpaired) electrons. The van der Waals surface area contributed by atoms with Crippen LogP contribution >= 0.6 is 0 Å². The summed E-state index contributed by atoms with van der Waals surface area (Å²) in [7, 11) is 0. The number of aromatic nitrogens is 3. The third-order valence-electron chi connectivity index (χ3n) is 1.19. The van der Waals surface area contributed by atoms with Crippen molar-refractivity contribution in [2.75, 3.05) is 5.84 Å². The second kappa shape index (κ2) is 2.61. The van der Waals surface area contributed by atoms with Gasteiger partial charge < -0.3 is 5.84 Å². The van der Waals surface area contributed by atoms with Crippen LogP contribution in [0, 0.1) is 0 Å². The number of hydrogen-bond donors (Lipinski definition) is 1. The van der Waals surface area contributed by atoms with Gasteiger partial charge in [-0.1, -0.05) is 0 Å². The smallest absolute Gasteiger partial charge is 0.321 e. The lowest BCUT2D eigenvalue weighted by Crippen LogP contribution is -2.30. The van der Waals surface area contributed by atoms with E-state index in [1.165, 1.54) is 0 Å². The quantitative estimate of drug-likeness (QED) is 0.532. The first-order valence-electron chi connectivity index (χ1n) is 2.78. The molecule has 4 nitrogen and oxygen atoms in total. The number of hydrogen-bond acceptors (Lipinski definition) is 3. The molecule has 0 aliphatic heterocycles. The first kappa shape index (κ1) is 8.75. The van der Waals surface area contributed by atoms with Crippen LogP contribution in [-0.4, -0.2) is 21.5 Å². The molecule has 0 saturated carbocycles. The lowest BCUT2D eigenvalue weighted by atomic mass is 10.3. The summed E-state index contributed by atoms with van der Waals surface area (Å²) in [4.78, 5) is 0.117. The van der Waals surface area contributed by atoms with Crippen molar-refractivity contribution in [2.24, 2.45) is 0 Å². The van der Waals surface area contributed by atoms with Crippen LogP contribution in [0.5, 0.6) is 0 Å². The van der Waals surface area contributed by atoms with E-state index in [9.17, 15) is 17.6 Å². The minimum Gasteiger partial charge on any atom is -0.321 e. The maximum absolute atomic E-state index is 12.4. The van der Waals surface area contributed by atoms with Crippen LogP contribution in [0.25, 0.3) is 0 Å². The van der Waals surface area contributed by atoms with Crippen LogP contribution in [0.3, 0.4) is 0 Å². The SMILES string of the molecule is Nn1nncc1C(F)(F)C(F)F. The monoisotopic (exact) mass is 184 g/mol. The van der Waals surface area contributed by atoms with E-state index in [1.54, 1.807) is 0 Å². The number of alkyl halides is 4. The van der Waals surface area contributed by atoms with E-state index in [0.717, 1.165) is 0 Å². The molecule has 0 saturated heterocycles. The zero-order valence-corrected chi connectivity index (χ0v) is 5.59. The number of halogens is 4. The van der Waals surface area contributed by atoms with Gasteiger partial charge >= 0.3 is 12.3 Å². The molecule has 0 spiro atoms. The van der Waals surface area contributed by atoms with Crippen LogP contribution in [0.4, 0.5) is 17.6 Å². The predicted molar refractivity (Wildman–Crippen MR) is 30.1 cm³/mol. The summed E-state index contributed by atoms with van der Waals surface area (Å²) in [6.45, 7) is 0. The zero-order valence-electron chi connectivity index (χ0n) is 5.59. The van der Waals surface area contributed by atoms with E-state index < -0.39 is 18.0 Å². The summed E-state index contributed by atoms with van der Waals surface area (Å²) in [6.07, 6.45) is -3.33. The molecule has 12 heavy (non-hydrogen) atoms. The highest BCUT2D eigenvalue weighted by atomic mass is 19.3. The van der Waals surface area contributed by atoms with Gasteiger partial charge in [-0.05, 0) is 5.21 Å². The third-order valence-corrected chi connectivity index (χ3v) is 1.19. The fourth-order valence-electron chi connectivity index (χ4n) is 0.594. The Morgan fingerprint density at radius 1 is 1.50 bits per heavy atom. The Hall–Kier alpha value is -1.34. The van der Waals surface area contributed by atoms with E-state index >= 15 is 0 Å². The Kier molecular flexibility index (Phi) is 1.90. The van der Waals surface area contributed by atoms with E-state index in [1.807, 2.05) is 0 Å². The van der Waals surface area contributed by atoms with Gasteiger partial charge in [0.05, 0.1) is 6.20 Å². The van der Waals surface area contributed by atoms with Gasteiger partial charge in [0, 0.05) is 0 Å². The Balaban J connectivity index is 3.05. The molecular formula is C4H4F4N4. The second-order valence-corrected chi connectivity index (χ2v) is 1.99. The Morgan fingerprint density at radius 2 is 2.08 bits per heavy atom. The molecule has 1 rings (SSSR count). The molecule has 1 heterocycles. The topological polar surface area (TPSA) is 56.7 Å². The highest BCUT2D eigenvalue weighted by Crippen LogP contribution is 2.32. The lowest BCUT2D eigenvalue weighted by molar-refractivity contribution is -0.139. The zero-order chi connectivity index (χ0) is 9.35. The fraction of sp³-hybridized carbons (Fsp3) is 0.500. The molecule has 0 atom stereocenters. The highest BCUT2D eigenvalue weighted by molar-refractivity contribution is 5.04. The van der Waals surface area contributed by atoms with Gasteiger partial charge in [0.2, 0.25) is 0 Å². The number of nitrogen functional groups attached to an aromatic ring is 1. The van der Waals surface area contributed by atoms with E-state index in [4.69, 9.17) is 5.84 Å². The minimum absolute atomic E-state index is 0.117. The van der Waals surface area contributed by atoms with E-state index in [0.29, 0.717) is 6.20 Å². The van der Waals surface area contributed by atoms with E-state index in [-0.39, 0.29) is 4.79 Å². The third kappa shape index (κ3) is 1.19. The molecule has 0 fully saturated rings. The molecule has 0 aliphatic rings. The van der Waals surface area contributed by atoms with Gasteiger partial charge in [-0.25, -0.2) is 8.78 Å². The summed E-state index contributed by atoms with van der Waals surface area (Å²) < 4.78 is 48.2. The molecule has 2 N–H and O–H groups in total. The summed E-state index contributed by atoms with van der Waals surface area (Å²) in [5.74, 6) is 0.487. The number of nitrogens with zero attached hydrogens (tertiary/aromatic N) is 3. The Bertz CT molecular complexity index is 270. The van der Waals surface area contributed by atoms with Crippen molar-refractivity contribution in [3.63, 3.8) is 0 Å². The predicted octanol–water partition coefficient (Wildman–Crippen LogP) is 0.349.